The average Bonchev–Trinajstić information content (AvgIpc) is 2.27. The van der Waals surface area contributed by atoms with Gasteiger partial charge >= 0.3 is 0 Å². The van der Waals surface area contributed by atoms with Crippen LogP contribution in [0.25, 0.3) is 0 Å². The molecular formula is C8H11N3. The highest BCUT2D eigenvalue weighted by Crippen LogP contribution is 2.29. The van der Waals surface area contributed by atoms with Crippen LogP contribution in [0.3, 0.4) is 0 Å². The topological polar surface area (TPSA) is 50.1 Å². The van der Waals surface area contributed by atoms with E-state index in [-0.39, 0.29) is 0 Å². The van der Waals surface area contributed by atoms with Crippen LogP contribution in [0.2, 0.25) is 0 Å². The van der Waals surface area contributed by atoms with Gasteiger partial charge in [0.05, 0.1) is 17.5 Å². The summed E-state index contributed by atoms with van der Waals surface area (Å²) in [5.41, 5.74) is 8.63. The van der Waals surface area contributed by atoms with Crippen LogP contribution in [0.5, 0.6) is 0 Å². The molecule has 0 amide bonds. The van der Waals surface area contributed by atoms with Gasteiger partial charge in [-0.1, -0.05) is 0 Å². The Morgan fingerprint density at radius 2 is 2.00 bits per heavy atom. The zero-order valence-electron chi connectivity index (χ0n) is 6.39. The SMILES string of the molecule is C[C@H]1Nc2ccc(N)cc2N1. The van der Waals surface area contributed by atoms with Crippen LogP contribution in [0.15, 0.2) is 18.2 Å². The monoisotopic (exact) mass is 149 g/mol. The quantitative estimate of drug-likeness (QED) is 0.489. The maximum atomic E-state index is 5.61. The van der Waals surface area contributed by atoms with Gasteiger partial charge in [0.1, 0.15) is 0 Å². The summed E-state index contributed by atoms with van der Waals surface area (Å²) in [4.78, 5) is 0. The van der Waals surface area contributed by atoms with Gasteiger partial charge in [-0.05, 0) is 25.1 Å². The van der Waals surface area contributed by atoms with Crippen molar-refractivity contribution >= 4 is 17.1 Å². The van der Waals surface area contributed by atoms with Gasteiger partial charge in [-0.15, -0.1) is 0 Å². The van der Waals surface area contributed by atoms with Crippen molar-refractivity contribution in [2.45, 2.75) is 13.1 Å². The van der Waals surface area contributed by atoms with Crippen molar-refractivity contribution in [3.63, 3.8) is 0 Å². The molecule has 4 N–H and O–H groups in total. The summed E-state index contributed by atoms with van der Waals surface area (Å²) in [5, 5.41) is 6.50. The third kappa shape index (κ3) is 0.981. The molecule has 0 aliphatic carbocycles. The average molecular weight is 149 g/mol. The van der Waals surface area contributed by atoms with Crippen molar-refractivity contribution in [1.29, 1.82) is 0 Å². The number of nitrogens with one attached hydrogen (secondary N) is 2. The van der Waals surface area contributed by atoms with Crippen molar-refractivity contribution in [2.24, 2.45) is 0 Å². The minimum atomic E-state index is 0.312. The van der Waals surface area contributed by atoms with Gasteiger partial charge in [0.25, 0.3) is 0 Å². The smallest absolute Gasteiger partial charge is 0.0935 e. The molecule has 1 aliphatic heterocycles. The first-order valence-corrected chi connectivity index (χ1v) is 3.68. The molecule has 0 bridgehead atoms. The van der Waals surface area contributed by atoms with Crippen LogP contribution in [0.1, 0.15) is 6.92 Å². The van der Waals surface area contributed by atoms with Gasteiger partial charge in [-0.2, -0.15) is 0 Å². The van der Waals surface area contributed by atoms with Crippen LogP contribution in [0, 0.1) is 0 Å². The predicted octanol–water partition coefficient (Wildman–Crippen LogP) is 1.45. The molecule has 0 radical (unpaired) electrons. The molecule has 0 unspecified atom stereocenters. The number of hydrogen-bond acceptors (Lipinski definition) is 3. The van der Waals surface area contributed by atoms with Crippen molar-refractivity contribution in [2.75, 3.05) is 16.4 Å². The second kappa shape index (κ2) is 2.05. The summed E-state index contributed by atoms with van der Waals surface area (Å²) < 4.78 is 0. The molecule has 3 nitrogen and oxygen atoms in total. The first-order chi connectivity index (χ1) is 5.25. The van der Waals surface area contributed by atoms with Crippen molar-refractivity contribution in [1.82, 2.24) is 0 Å². The predicted molar refractivity (Wildman–Crippen MR) is 47.6 cm³/mol. The Kier molecular flexibility index (Phi) is 1.18. The summed E-state index contributed by atoms with van der Waals surface area (Å²) in [5.74, 6) is 0. The Morgan fingerprint density at radius 1 is 1.27 bits per heavy atom. The molecular weight excluding hydrogens is 138 g/mol. The minimum Gasteiger partial charge on any atom is -0.399 e. The van der Waals surface area contributed by atoms with Crippen molar-refractivity contribution < 1.29 is 0 Å². The van der Waals surface area contributed by atoms with Gasteiger partial charge < -0.3 is 16.4 Å². The molecule has 0 saturated heterocycles. The lowest BCUT2D eigenvalue weighted by atomic mass is 10.2. The Bertz CT molecular complexity index is 283. The highest BCUT2D eigenvalue weighted by Gasteiger charge is 2.13. The summed E-state index contributed by atoms with van der Waals surface area (Å²) in [6.07, 6.45) is 0.312. The molecule has 0 fully saturated rings. The molecule has 58 valence electrons. The molecule has 0 spiro atoms. The molecule has 0 aromatic heterocycles. The van der Waals surface area contributed by atoms with Gasteiger partial charge in [0.2, 0.25) is 0 Å². The standard InChI is InChI=1S/C8H11N3/c1-5-10-7-3-2-6(9)4-8(7)11-5/h2-5,10-11H,9H2,1H3/t5-/m0/s1. The van der Waals surface area contributed by atoms with E-state index in [9.17, 15) is 0 Å². The van der Waals surface area contributed by atoms with Crippen molar-refractivity contribution in [3.8, 4) is 0 Å². The van der Waals surface area contributed by atoms with Crippen molar-refractivity contribution in [3.05, 3.63) is 18.2 Å². The Hall–Kier alpha value is -1.38. The minimum absolute atomic E-state index is 0.312. The molecule has 11 heavy (non-hydrogen) atoms. The summed E-state index contributed by atoms with van der Waals surface area (Å²) in [6.45, 7) is 2.07. The summed E-state index contributed by atoms with van der Waals surface area (Å²) in [7, 11) is 0. The number of fused-ring (bicyclic) bond motifs is 1. The maximum Gasteiger partial charge on any atom is 0.0935 e. The van der Waals surface area contributed by atoms with E-state index in [0.29, 0.717) is 6.17 Å². The molecule has 1 atom stereocenters. The van der Waals surface area contributed by atoms with E-state index in [1.807, 2.05) is 18.2 Å². The molecule has 0 saturated carbocycles. The molecule has 2 rings (SSSR count). The van der Waals surface area contributed by atoms with Crippen LogP contribution in [-0.2, 0) is 0 Å². The van der Waals surface area contributed by atoms with Gasteiger partial charge in [0.15, 0.2) is 0 Å². The Balaban J connectivity index is 2.43. The normalized spacial score (nSPS) is 20.3. The number of hydrogen-bond donors (Lipinski definition) is 3. The lowest BCUT2D eigenvalue weighted by Gasteiger charge is -2.01. The molecule has 1 aliphatic rings. The van der Waals surface area contributed by atoms with Gasteiger partial charge in [0, 0.05) is 5.69 Å². The van der Waals surface area contributed by atoms with E-state index in [1.54, 1.807) is 0 Å². The van der Waals surface area contributed by atoms with Gasteiger partial charge in [-0.25, -0.2) is 0 Å². The van der Waals surface area contributed by atoms with E-state index in [4.69, 9.17) is 5.73 Å². The molecule has 1 aromatic rings. The zero-order chi connectivity index (χ0) is 7.84. The number of nitrogen functional groups attached to an aromatic ring is 1. The number of benzene rings is 1. The van der Waals surface area contributed by atoms with E-state index in [2.05, 4.69) is 17.6 Å². The highest BCUT2D eigenvalue weighted by atomic mass is 15.2. The second-order valence-corrected chi connectivity index (χ2v) is 2.82. The molecule has 1 aromatic carbocycles. The Labute approximate surface area is 65.6 Å². The van der Waals surface area contributed by atoms with Crippen LogP contribution in [-0.4, -0.2) is 6.17 Å². The first-order valence-electron chi connectivity index (χ1n) is 3.68. The molecule has 3 heteroatoms. The number of nitrogens with two attached hydrogens (primary N) is 1. The fourth-order valence-electron chi connectivity index (χ4n) is 1.31. The van der Waals surface area contributed by atoms with E-state index < -0.39 is 0 Å². The van der Waals surface area contributed by atoms with E-state index in [0.717, 1.165) is 17.1 Å². The third-order valence-electron chi connectivity index (χ3n) is 1.79. The van der Waals surface area contributed by atoms with Crippen LogP contribution >= 0.6 is 0 Å². The summed E-state index contributed by atoms with van der Waals surface area (Å²) in [6, 6.07) is 5.82. The fraction of sp³-hybridized carbons (Fsp3) is 0.250. The lowest BCUT2D eigenvalue weighted by molar-refractivity contribution is 0.956. The first kappa shape index (κ1) is 6.34. The third-order valence-corrected chi connectivity index (χ3v) is 1.79. The second-order valence-electron chi connectivity index (χ2n) is 2.82. The van der Waals surface area contributed by atoms with E-state index >= 15 is 0 Å². The zero-order valence-corrected chi connectivity index (χ0v) is 6.39. The largest absolute Gasteiger partial charge is 0.399 e. The number of rotatable bonds is 0. The van der Waals surface area contributed by atoms with Crippen LogP contribution in [0.4, 0.5) is 17.1 Å². The van der Waals surface area contributed by atoms with Gasteiger partial charge in [-0.3, -0.25) is 0 Å². The number of anilines is 3. The highest BCUT2D eigenvalue weighted by molar-refractivity contribution is 5.77. The summed E-state index contributed by atoms with van der Waals surface area (Å²) >= 11 is 0. The van der Waals surface area contributed by atoms with Crippen LogP contribution < -0.4 is 16.4 Å². The fourth-order valence-corrected chi connectivity index (χ4v) is 1.31. The maximum absolute atomic E-state index is 5.61. The van der Waals surface area contributed by atoms with E-state index in [1.165, 1.54) is 0 Å². The Morgan fingerprint density at radius 3 is 2.82 bits per heavy atom. The lowest BCUT2D eigenvalue weighted by Crippen LogP contribution is -2.16. The molecule has 1 heterocycles.